The lowest BCUT2D eigenvalue weighted by Gasteiger charge is -2.28. The molecule has 1 atom stereocenters. The van der Waals surface area contributed by atoms with E-state index in [-0.39, 0.29) is 18.4 Å². The Morgan fingerprint density at radius 2 is 2.04 bits per heavy atom. The Morgan fingerprint density at radius 3 is 2.65 bits per heavy atom. The van der Waals surface area contributed by atoms with Gasteiger partial charge in [0.15, 0.2) is 0 Å². The molecule has 1 N–H and O–H groups in total. The van der Waals surface area contributed by atoms with Crippen molar-refractivity contribution in [3.8, 4) is 5.75 Å². The van der Waals surface area contributed by atoms with Crippen molar-refractivity contribution in [2.24, 2.45) is 5.92 Å². The van der Waals surface area contributed by atoms with Gasteiger partial charge in [-0.25, -0.2) is 0 Å². The van der Waals surface area contributed by atoms with Crippen molar-refractivity contribution in [2.45, 2.75) is 57.0 Å². The van der Waals surface area contributed by atoms with Gasteiger partial charge in [-0.05, 0) is 67.7 Å². The second-order valence-electron chi connectivity index (χ2n) is 7.23. The number of carboxylic acid groups (broad SMARTS) is 1. The summed E-state index contributed by atoms with van der Waals surface area (Å²) in [6, 6.07) is 4.57. The molecule has 0 aromatic heterocycles. The molecular formula is C20H25F2O3P. The third-order valence-electron chi connectivity index (χ3n) is 5.44. The summed E-state index contributed by atoms with van der Waals surface area (Å²) in [5.41, 5.74) is -0.0812. The van der Waals surface area contributed by atoms with Crippen molar-refractivity contribution in [2.75, 3.05) is 6.61 Å². The molecule has 1 aromatic rings. The Labute approximate surface area is 155 Å². The Hall–Kier alpha value is -1.48. The zero-order valence-corrected chi connectivity index (χ0v) is 15.9. The molecule has 0 radical (unpaired) electrons. The van der Waals surface area contributed by atoms with E-state index >= 15 is 0 Å². The highest BCUT2D eigenvalue weighted by atomic mass is 31.0. The normalized spacial score (nSPS) is 18.1. The van der Waals surface area contributed by atoms with Crippen LogP contribution in [-0.2, 0) is 16.9 Å². The number of rotatable bonds is 8. The van der Waals surface area contributed by atoms with E-state index in [0.29, 0.717) is 23.8 Å². The average Bonchev–Trinajstić information content (AvgIpc) is 2.96. The number of allylic oxidation sites excluding steroid dienone is 1. The summed E-state index contributed by atoms with van der Waals surface area (Å²) in [6.07, 6.45) is 7.07. The Kier molecular flexibility index (Phi) is 5.96. The molecule has 6 heteroatoms. The van der Waals surface area contributed by atoms with Gasteiger partial charge in [-0.2, -0.15) is 8.78 Å². The molecule has 0 spiro atoms. The largest absolute Gasteiger partial charge is 0.489 e. The molecule has 142 valence electrons. The Bertz CT molecular complexity index is 705. The fraction of sp³-hybridized carbons (Fsp3) is 0.550. The maximum Gasteiger partial charge on any atom is 0.303 e. The van der Waals surface area contributed by atoms with E-state index < -0.39 is 11.6 Å². The van der Waals surface area contributed by atoms with Gasteiger partial charge in [-0.15, -0.1) is 0 Å². The number of hydrogen-bond acceptors (Lipinski definition) is 2. The van der Waals surface area contributed by atoms with Gasteiger partial charge in [-0.1, -0.05) is 27.3 Å². The zero-order valence-electron chi connectivity index (χ0n) is 14.8. The lowest BCUT2D eigenvalue weighted by molar-refractivity contribution is -0.136. The molecule has 3 nitrogen and oxygen atoms in total. The van der Waals surface area contributed by atoms with Gasteiger partial charge >= 0.3 is 5.97 Å². The second-order valence-corrected chi connectivity index (χ2v) is 7.96. The van der Waals surface area contributed by atoms with Crippen molar-refractivity contribution in [3.63, 3.8) is 0 Å². The molecule has 1 aromatic carbocycles. The van der Waals surface area contributed by atoms with Crippen molar-refractivity contribution in [3.05, 3.63) is 40.5 Å². The van der Waals surface area contributed by atoms with Gasteiger partial charge in [0.2, 0.25) is 0 Å². The first-order valence-corrected chi connectivity index (χ1v) is 9.78. The van der Waals surface area contributed by atoms with Crippen molar-refractivity contribution in [1.82, 2.24) is 0 Å². The lowest BCUT2D eigenvalue weighted by atomic mass is 9.78. The van der Waals surface area contributed by atoms with Gasteiger partial charge in [-0.3, -0.25) is 4.79 Å². The Morgan fingerprint density at radius 1 is 1.27 bits per heavy atom. The van der Waals surface area contributed by atoms with Crippen LogP contribution in [0.5, 0.6) is 5.75 Å². The van der Waals surface area contributed by atoms with Crippen LogP contribution in [0.25, 0.3) is 0 Å². The average molecular weight is 382 g/mol. The zero-order chi connectivity index (χ0) is 18.7. The van der Waals surface area contributed by atoms with Crippen LogP contribution in [0.4, 0.5) is 8.78 Å². The van der Waals surface area contributed by atoms with Gasteiger partial charge in [0, 0.05) is 12.0 Å². The SMILES string of the molecule is O=C(O)CCc1ccc(OCC2=C(C3CCC3)CCC2)cc1C(F)(F)P. The summed E-state index contributed by atoms with van der Waals surface area (Å²) in [4.78, 5) is 10.7. The standard InChI is InChI=1S/C20H25F2O3P/c21-20(22,26)18-11-16(9-7-14(18)8-10-19(23)24)25-12-15-5-2-6-17(15)13-3-1-4-13/h7,9,11,13H,1-6,8,10,12,26H2,(H,23,24). The number of carboxylic acids is 1. The quantitative estimate of drug-likeness (QED) is 0.491. The van der Waals surface area contributed by atoms with Crippen LogP contribution < -0.4 is 4.74 Å². The van der Waals surface area contributed by atoms with Crippen LogP contribution in [0.1, 0.15) is 56.1 Å². The molecule has 0 amide bonds. The topological polar surface area (TPSA) is 46.5 Å². The van der Waals surface area contributed by atoms with E-state index in [1.807, 2.05) is 0 Å². The highest BCUT2D eigenvalue weighted by Gasteiger charge is 2.29. The van der Waals surface area contributed by atoms with Gasteiger partial charge < -0.3 is 9.84 Å². The second kappa shape index (κ2) is 8.04. The molecule has 1 fully saturated rings. The predicted octanol–water partition coefficient (Wildman–Crippen LogP) is 5.29. The molecule has 2 aliphatic rings. The van der Waals surface area contributed by atoms with Crippen molar-refractivity contribution < 1.29 is 23.4 Å². The minimum absolute atomic E-state index is 0.0753. The maximum atomic E-state index is 13.9. The first-order valence-electron chi connectivity index (χ1n) is 9.20. The minimum Gasteiger partial charge on any atom is -0.489 e. The number of aliphatic carboxylic acids is 1. The molecule has 2 aliphatic carbocycles. The minimum atomic E-state index is -3.11. The van der Waals surface area contributed by atoms with Crippen LogP contribution in [0.2, 0.25) is 0 Å². The highest BCUT2D eigenvalue weighted by molar-refractivity contribution is 7.17. The highest BCUT2D eigenvalue weighted by Crippen LogP contribution is 2.42. The third-order valence-corrected chi connectivity index (χ3v) is 5.75. The summed E-state index contributed by atoms with van der Waals surface area (Å²) >= 11 is 0. The monoisotopic (exact) mass is 382 g/mol. The van der Waals surface area contributed by atoms with Crippen LogP contribution in [0, 0.1) is 5.92 Å². The van der Waals surface area contributed by atoms with Gasteiger partial charge in [0.05, 0.1) is 0 Å². The number of benzene rings is 1. The van der Waals surface area contributed by atoms with Gasteiger partial charge in [0.25, 0.3) is 5.66 Å². The van der Waals surface area contributed by atoms with E-state index in [0.717, 1.165) is 19.3 Å². The molecule has 0 bridgehead atoms. The van der Waals surface area contributed by atoms with Crippen LogP contribution in [0.3, 0.4) is 0 Å². The number of ether oxygens (including phenoxy) is 1. The number of carbonyl (C=O) groups is 1. The maximum absolute atomic E-state index is 13.9. The number of hydrogen-bond donors (Lipinski definition) is 1. The molecular weight excluding hydrogens is 357 g/mol. The predicted molar refractivity (Wildman–Crippen MR) is 99.7 cm³/mol. The van der Waals surface area contributed by atoms with Crippen molar-refractivity contribution in [1.29, 1.82) is 0 Å². The van der Waals surface area contributed by atoms with Crippen LogP contribution in [-0.4, -0.2) is 17.7 Å². The fourth-order valence-corrected chi connectivity index (χ4v) is 4.10. The van der Waals surface area contributed by atoms with Crippen LogP contribution >= 0.6 is 9.24 Å². The molecule has 0 aliphatic heterocycles. The third kappa shape index (κ3) is 4.62. The fourth-order valence-electron chi connectivity index (χ4n) is 3.83. The number of halogens is 2. The van der Waals surface area contributed by atoms with E-state index in [1.54, 1.807) is 12.1 Å². The number of alkyl halides is 2. The molecule has 1 saturated carbocycles. The molecule has 0 heterocycles. The summed E-state index contributed by atoms with van der Waals surface area (Å²) in [5, 5.41) is 8.80. The molecule has 1 unspecified atom stereocenters. The van der Waals surface area contributed by atoms with Crippen molar-refractivity contribution >= 4 is 15.2 Å². The first kappa shape index (κ1) is 19.3. The van der Waals surface area contributed by atoms with Gasteiger partial charge in [0.1, 0.15) is 12.4 Å². The van der Waals surface area contributed by atoms with E-state index in [2.05, 4.69) is 0 Å². The molecule has 0 saturated heterocycles. The summed E-state index contributed by atoms with van der Waals surface area (Å²) < 4.78 is 33.7. The molecule has 3 rings (SSSR count). The lowest BCUT2D eigenvalue weighted by Crippen LogP contribution is -2.15. The molecule has 26 heavy (non-hydrogen) atoms. The number of aryl methyl sites for hydroxylation is 1. The van der Waals surface area contributed by atoms with E-state index in [4.69, 9.17) is 9.84 Å². The Balaban J connectivity index is 1.72. The summed E-state index contributed by atoms with van der Waals surface area (Å²) in [7, 11) is 1.53. The smallest absolute Gasteiger partial charge is 0.303 e. The first-order chi connectivity index (χ1) is 12.3. The van der Waals surface area contributed by atoms with E-state index in [1.165, 1.54) is 45.7 Å². The summed E-state index contributed by atoms with van der Waals surface area (Å²) in [5.74, 6) is 0.120. The van der Waals surface area contributed by atoms with Crippen LogP contribution in [0.15, 0.2) is 29.3 Å². The summed E-state index contributed by atoms with van der Waals surface area (Å²) in [6.45, 7) is 0.460. The van der Waals surface area contributed by atoms with E-state index in [9.17, 15) is 13.6 Å².